The van der Waals surface area contributed by atoms with Crippen molar-refractivity contribution < 1.29 is 14.6 Å². The maximum absolute atomic E-state index is 12.4. The molecule has 0 radical (unpaired) electrons. The van der Waals surface area contributed by atoms with Crippen LogP contribution in [-0.2, 0) is 11.3 Å². The van der Waals surface area contributed by atoms with Gasteiger partial charge in [0.2, 0.25) is 5.91 Å². The van der Waals surface area contributed by atoms with Crippen molar-refractivity contribution in [2.45, 2.75) is 32.2 Å². The van der Waals surface area contributed by atoms with Gasteiger partial charge in [-0.1, -0.05) is 12.1 Å². The van der Waals surface area contributed by atoms with Crippen LogP contribution in [-0.4, -0.2) is 85.7 Å². The lowest BCUT2D eigenvalue weighted by Crippen LogP contribution is -2.54. The Morgan fingerprint density at radius 3 is 2.89 bits per heavy atom. The predicted octanol–water partition coefficient (Wildman–Crippen LogP) is 1.82. The fraction of sp³-hybridized carbons (Fsp3) is 0.682. The molecule has 6 nitrogen and oxygen atoms in total. The summed E-state index contributed by atoms with van der Waals surface area (Å²) in [5, 5.41) is 8.94. The van der Waals surface area contributed by atoms with E-state index in [-0.39, 0.29) is 12.0 Å². The zero-order valence-corrected chi connectivity index (χ0v) is 17.4. The molecule has 28 heavy (non-hydrogen) atoms. The van der Waals surface area contributed by atoms with Crippen LogP contribution in [0.5, 0.6) is 5.75 Å². The standard InChI is InChI=1S/C22H35N3O3/c1-23(2)11-12-25-18-22(9-7-21(25)27)8-4-10-24(17-22)16-19-5-3-6-20(15-19)28-14-13-26/h3,5-6,15,26H,4,7-14,16-18H2,1-2H3/t22-/m1/s1. The molecule has 2 aliphatic heterocycles. The number of nitrogens with zero attached hydrogens (tertiary/aromatic N) is 3. The number of rotatable bonds is 8. The Bertz CT molecular complexity index is 652. The molecule has 1 aromatic rings. The summed E-state index contributed by atoms with van der Waals surface area (Å²) in [6.45, 7) is 6.08. The molecule has 156 valence electrons. The number of likely N-dealkylation sites (tertiary alicyclic amines) is 2. The van der Waals surface area contributed by atoms with E-state index in [1.54, 1.807) is 0 Å². The largest absolute Gasteiger partial charge is 0.491 e. The summed E-state index contributed by atoms with van der Waals surface area (Å²) >= 11 is 0. The smallest absolute Gasteiger partial charge is 0.222 e. The van der Waals surface area contributed by atoms with E-state index < -0.39 is 0 Å². The third-order valence-electron chi connectivity index (χ3n) is 5.97. The highest BCUT2D eigenvalue weighted by Crippen LogP contribution is 2.39. The number of piperidine rings is 2. The van der Waals surface area contributed by atoms with Crippen molar-refractivity contribution >= 4 is 5.91 Å². The first-order valence-corrected chi connectivity index (χ1v) is 10.5. The summed E-state index contributed by atoms with van der Waals surface area (Å²) in [6, 6.07) is 8.17. The molecular formula is C22H35N3O3. The van der Waals surface area contributed by atoms with Crippen LogP contribution >= 0.6 is 0 Å². The maximum Gasteiger partial charge on any atom is 0.222 e. The molecule has 0 aliphatic carbocycles. The third-order valence-corrected chi connectivity index (χ3v) is 5.97. The number of likely N-dealkylation sites (N-methyl/N-ethyl adjacent to an activating group) is 1. The molecule has 2 fully saturated rings. The van der Waals surface area contributed by atoms with Crippen LogP contribution in [0, 0.1) is 5.41 Å². The Labute approximate surface area is 169 Å². The van der Waals surface area contributed by atoms with Gasteiger partial charge < -0.3 is 19.6 Å². The van der Waals surface area contributed by atoms with Crippen molar-refractivity contribution in [3.63, 3.8) is 0 Å². The van der Waals surface area contributed by atoms with Gasteiger partial charge in [-0.15, -0.1) is 0 Å². The number of ether oxygens (including phenoxy) is 1. The van der Waals surface area contributed by atoms with E-state index in [4.69, 9.17) is 9.84 Å². The number of hydrogen-bond acceptors (Lipinski definition) is 5. The van der Waals surface area contributed by atoms with E-state index in [2.05, 4.69) is 40.9 Å². The van der Waals surface area contributed by atoms with Crippen LogP contribution in [0.25, 0.3) is 0 Å². The van der Waals surface area contributed by atoms with Crippen molar-refractivity contribution in [2.75, 3.05) is 60.0 Å². The first kappa shape index (κ1) is 21.1. The zero-order chi connectivity index (χ0) is 20.0. The molecular weight excluding hydrogens is 354 g/mol. The van der Waals surface area contributed by atoms with Gasteiger partial charge in [0.15, 0.2) is 0 Å². The van der Waals surface area contributed by atoms with E-state index in [1.165, 1.54) is 18.4 Å². The van der Waals surface area contributed by atoms with Crippen LogP contribution in [0.2, 0.25) is 0 Å². The number of aliphatic hydroxyl groups excluding tert-OH is 1. The molecule has 6 heteroatoms. The molecule has 2 heterocycles. The summed E-state index contributed by atoms with van der Waals surface area (Å²) < 4.78 is 5.55. The summed E-state index contributed by atoms with van der Waals surface area (Å²) in [4.78, 5) is 19.2. The fourth-order valence-corrected chi connectivity index (χ4v) is 4.56. The topological polar surface area (TPSA) is 56.3 Å². The van der Waals surface area contributed by atoms with E-state index in [9.17, 15) is 4.79 Å². The van der Waals surface area contributed by atoms with Crippen LogP contribution < -0.4 is 4.74 Å². The normalized spacial score (nSPS) is 23.6. The second-order valence-electron chi connectivity index (χ2n) is 8.65. The van der Waals surface area contributed by atoms with Gasteiger partial charge in [0.1, 0.15) is 12.4 Å². The lowest BCUT2D eigenvalue weighted by Gasteiger charge is -2.48. The third kappa shape index (κ3) is 5.69. The van der Waals surface area contributed by atoms with Crippen molar-refractivity contribution in [1.29, 1.82) is 0 Å². The highest BCUT2D eigenvalue weighted by Gasteiger charge is 2.41. The molecule has 1 aromatic carbocycles. The first-order valence-electron chi connectivity index (χ1n) is 10.5. The highest BCUT2D eigenvalue weighted by atomic mass is 16.5. The Hall–Kier alpha value is -1.63. The molecule has 0 unspecified atom stereocenters. The van der Waals surface area contributed by atoms with Gasteiger partial charge >= 0.3 is 0 Å². The molecule has 0 saturated carbocycles. The van der Waals surface area contributed by atoms with Crippen molar-refractivity contribution in [1.82, 2.24) is 14.7 Å². The number of hydrogen-bond donors (Lipinski definition) is 1. The SMILES string of the molecule is CN(C)CCN1C[C@]2(CCCN(Cc3cccc(OCCO)c3)C2)CCC1=O. The average Bonchev–Trinajstić information content (AvgIpc) is 2.68. The van der Waals surface area contributed by atoms with Crippen LogP contribution in [0.3, 0.4) is 0 Å². The number of benzene rings is 1. The van der Waals surface area contributed by atoms with E-state index in [0.29, 0.717) is 18.9 Å². The lowest BCUT2D eigenvalue weighted by atomic mass is 9.73. The Morgan fingerprint density at radius 1 is 1.25 bits per heavy atom. The minimum Gasteiger partial charge on any atom is -0.491 e. The van der Waals surface area contributed by atoms with Gasteiger partial charge in [0.25, 0.3) is 0 Å². The molecule has 0 aromatic heterocycles. The number of carbonyl (C=O) groups excluding carboxylic acids is 1. The minimum atomic E-state index is 0.0297. The van der Waals surface area contributed by atoms with Gasteiger partial charge in [0, 0.05) is 44.6 Å². The van der Waals surface area contributed by atoms with Gasteiger partial charge in [-0.3, -0.25) is 9.69 Å². The van der Waals surface area contributed by atoms with Gasteiger partial charge in [-0.2, -0.15) is 0 Å². The summed E-state index contributed by atoms with van der Waals surface area (Å²) in [7, 11) is 4.12. The van der Waals surface area contributed by atoms with E-state index in [1.807, 2.05) is 12.1 Å². The second kappa shape index (κ2) is 9.72. The first-order chi connectivity index (χ1) is 13.5. The Kier molecular flexibility index (Phi) is 7.32. The number of carbonyl (C=O) groups is 1. The molecule has 0 bridgehead atoms. The molecule has 1 atom stereocenters. The quantitative estimate of drug-likeness (QED) is 0.735. The minimum absolute atomic E-state index is 0.0297. The van der Waals surface area contributed by atoms with E-state index >= 15 is 0 Å². The number of aliphatic hydroxyl groups is 1. The monoisotopic (exact) mass is 389 g/mol. The lowest BCUT2D eigenvalue weighted by molar-refractivity contribution is -0.139. The molecule has 1 N–H and O–H groups in total. The Morgan fingerprint density at radius 2 is 2.11 bits per heavy atom. The van der Waals surface area contributed by atoms with Gasteiger partial charge in [-0.25, -0.2) is 0 Å². The van der Waals surface area contributed by atoms with Crippen LogP contribution in [0.4, 0.5) is 0 Å². The second-order valence-corrected chi connectivity index (χ2v) is 8.65. The highest BCUT2D eigenvalue weighted by molar-refractivity contribution is 5.77. The fourth-order valence-electron chi connectivity index (χ4n) is 4.56. The van der Waals surface area contributed by atoms with Gasteiger partial charge in [-0.05, 0) is 57.6 Å². The summed E-state index contributed by atoms with van der Waals surface area (Å²) in [5.41, 5.74) is 1.48. The zero-order valence-electron chi connectivity index (χ0n) is 17.4. The maximum atomic E-state index is 12.4. The predicted molar refractivity (Wildman–Crippen MR) is 110 cm³/mol. The van der Waals surface area contributed by atoms with E-state index in [0.717, 1.165) is 51.4 Å². The molecule has 2 saturated heterocycles. The molecule has 1 spiro atoms. The summed E-state index contributed by atoms with van der Waals surface area (Å²) in [6.07, 6.45) is 4.11. The van der Waals surface area contributed by atoms with Crippen molar-refractivity contribution in [3.05, 3.63) is 29.8 Å². The molecule has 2 aliphatic rings. The van der Waals surface area contributed by atoms with Gasteiger partial charge in [0.05, 0.1) is 6.61 Å². The molecule has 1 amide bonds. The van der Waals surface area contributed by atoms with Crippen molar-refractivity contribution in [3.8, 4) is 5.75 Å². The Balaban J connectivity index is 1.61. The number of amides is 1. The average molecular weight is 390 g/mol. The molecule has 3 rings (SSSR count). The van der Waals surface area contributed by atoms with Crippen molar-refractivity contribution in [2.24, 2.45) is 5.41 Å². The van der Waals surface area contributed by atoms with Crippen LogP contribution in [0.1, 0.15) is 31.2 Å². The van der Waals surface area contributed by atoms with Crippen LogP contribution in [0.15, 0.2) is 24.3 Å². The summed E-state index contributed by atoms with van der Waals surface area (Å²) in [5.74, 6) is 1.13.